The minimum absolute atomic E-state index is 0.707. The lowest BCUT2D eigenvalue weighted by atomic mass is 10.1. The molecule has 0 radical (unpaired) electrons. The average molecular weight is 257 g/mol. The number of nitrogens with one attached hydrogen (secondary N) is 1. The zero-order valence-electron chi connectivity index (χ0n) is 8.97. The van der Waals surface area contributed by atoms with E-state index in [9.17, 15) is 0 Å². The summed E-state index contributed by atoms with van der Waals surface area (Å²) < 4.78 is 0.893. The molecule has 1 atom stereocenters. The lowest BCUT2D eigenvalue weighted by Gasteiger charge is -2.12. The topological polar surface area (TPSA) is 24.9 Å². The fraction of sp³-hybridized carbons (Fsp3) is 0.545. The molecule has 1 unspecified atom stereocenters. The number of hydrogen-bond acceptors (Lipinski definition) is 2. The van der Waals surface area contributed by atoms with Crippen molar-refractivity contribution < 1.29 is 0 Å². The molecule has 1 rings (SSSR count). The predicted octanol–water partition coefficient (Wildman–Crippen LogP) is 3.61. The molecule has 0 aliphatic carbocycles. The maximum atomic E-state index is 4.33. The van der Waals surface area contributed by atoms with Gasteiger partial charge in [0.2, 0.25) is 0 Å². The Morgan fingerprint density at radius 1 is 1.50 bits per heavy atom. The number of pyridine rings is 1. The van der Waals surface area contributed by atoms with Crippen LogP contribution in [0.5, 0.6) is 0 Å². The maximum Gasteiger partial charge on any atom is 0.106 e. The van der Waals surface area contributed by atoms with Crippen LogP contribution in [0.4, 0.5) is 5.69 Å². The van der Waals surface area contributed by atoms with Crippen LogP contribution in [0.25, 0.3) is 0 Å². The molecule has 0 saturated heterocycles. The molecule has 14 heavy (non-hydrogen) atoms. The number of nitrogens with zero attached hydrogens (tertiary/aromatic N) is 1. The van der Waals surface area contributed by atoms with Gasteiger partial charge in [-0.3, -0.25) is 0 Å². The molecule has 0 aromatic carbocycles. The molecule has 2 nitrogen and oxygen atoms in total. The van der Waals surface area contributed by atoms with Crippen molar-refractivity contribution in [3.8, 4) is 0 Å². The first-order valence-corrected chi connectivity index (χ1v) is 5.79. The van der Waals surface area contributed by atoms with Gasteiger partial charge in [-0.15, -0.1) is 0 Å². The van der Waals surface area contributed by atoms with Crippen molar-refractivity contribution >= 4 is 21.6 Å². The highest BCUT2D eigenvalue weighted by atomic mass is 79.9. The molecular formula is C11H17BrN2. The molecule has 0 saturated carbocycles. The van der Waals surface area contributed by atoms with Gasteiger partial charge in [-0.25, -0.2) is 4.98 Å². The fourth-order valence-corrected chi connectivity index (χ4v) is 1.54. The van der Waals surface area contributed by atoms with Gasteiger partial charge >= 0.3 is 0 Å². The van der Waals surface area contributed by atoms with E-state index in [1.54, 1.807) is 0 Å². The zero-order chi connectivity index (χ0) is 10.6. The van der Waals surface area contributed by atoms with Crippen molar-refractivity contribution in [2.45, 2.75) is 27.2 Å². The number of aromatic nitrogens is 1. The summed E-state index contributed by atoms with van der Waals surface area (Å²) in [5.74, 6) is 0.707. The lowest BCUT2D eigenvalue weighted by Crippen LogP contribution is -2.11. The predicted molar refractivity (Wildman–Crippen MR) is 64.6 cm³/mol. The summed E-state index contributed by atoms with van der Waals surface area (Å²) in [7, 11) is 0. The molecule has 1 heterocycles. The van der Waals surface area contributed by atoms with Gasteiger partial charge in [-0.1, -0.05) is 20.3 Å². The molecular weight excluding hydrogens is 240 g/mol. The van der Waals surface area contributed by atoms with Crippen LogP contribution in [0.2, 0.25) is 0 Å². The van der Waals surface area contributed by atoms with Crippen LogP contribution in [0.15, 0.2) is 16.7 Å². The van der Waals surface area contributed by atoms with Crippen LogP contribution >= 0.6 is 15.9 Å². The minimum atomic E-state index is 0.707. The largest absolute Gasteiger partial charge is 0.383 e. The van der Waals surface area contributed by atoms with Gasteiger partial charge in [0, 0.05) is 6.54 Å². The number of aryl methyl sites for hydroxylation is 1. The van der Waals surface area contributed by atoms with E-state index in [2.05, 4.69) is 46.1 Å². The highest BCUT2D eigenvalue weighted by Gasteiger charge is 2.02. The Balaban J connectivity index is 2.59. The molecule has 3 heteroatoms. The third kappa shape index (κ3) is 3.29. The minimum Gasteiger partial charge on any atom is -0.383 e. The summed E-state index contributed by atoms with van der Waals surface area (Å²) in [6, 6.07) is 4.03. The van der Waals surface area contributed by atoms with E-state index in [1.165, 1.54) is 6.42 Å². The molecule has 0 spiro atoms. The van der Waals surface area contributed by atoms with Crippen LogP contribution in [0.3, 0.4) is 0 Å². The molecule has 0 fully saturated rings. The molecule has 1 aromatic heterocycles. The van der Waals surface area contributed by atoms with E-state index in [-0.39, 0.29) is 0 Å². The summed E-state index contributed by atoms with van der Waals surface area (Å²) in [4.78, 5) is 4.33. The first kappa shape index (κ1) is 11.5. The number of rotatable bonds is 4. The molecule has 0 aliphatic rings. The molecule has 1 aromatic rings. The van der Waals surface area contributed by atoms with Crippen molar-refractivity contribution in [1.82, 2.24) is 4.98 Å². The van der Waals surface area contributed by atoms with Crippen LogP contribution < -0.4 is 5.32 Å². The van der Waals surface area contributed by atoms with Crippen LogP contribution in [0.1, 0.15) is 26.0 Å². The Morgan fingerprint density at radius 2 is 2.21 bits per heavy atom. The van der Waals surface area contributed by atoms with E-state index < -0.39 is 0 Å². The SMILES string of the molecule is CCC(C)CNc1ccc(Br)nc1C. The van der Waals surface area contributed by atoms with Gasteiger partial charge in [0.1, 0.15) is 4.60 Å². The molecule has 0 amide bonds. The van der Waals surface area contributed by atoms with E-state index in [4.69, 9.17) is 0 Å². The summed E-state index contributed by atoms with van der Waals surface area (Å²) >= 11 is 3.35. The smallest absolute Gasteiger partial charge is 0.106 e. The first-order valence-electron chi connectivity index (χ1n) is 5.00. The Hall–Kier alpha value is -0.570. The Kier molecular flexibility index (Phi) is 4.39. The van der Waals surface area contributed by atoms with Crippen molar-refractivity contribution in [2.75, 3.05) is 11.9 Å². The average Bonchev–Trinajstić information content (AvgIpc) is 2.16. The summed E-state index contributed by atoms with van der Waals surface area (Å²) in [6.07, 6.45) is 1.20. The van der Waals surface area contributed by atoms with Crippen LogP contribution in [-0.4, -0.2) is 11.5 Å². The van der Waals surface area contributed by atoms with Gasteiger partial charge in [0.25, 0.3) is 0 Å². The van der Waals surface area contributed by atoms with Crippen molar-refractivity contribution in [3.05, 3.63) is 22.4 Å². The highest BCUT2D eigenvalue weighted by Crippen LogP contribution is 2.16. The van der Waals surface area contributed by atoms with Gasteiger partial charge in [0.05, 0.1) is 11.4 Å². The fourth-order valence-electron chi connectivity index (χ4n) is 1.15. The Morgan fingerprint density at radius 3 is 2.79 bits per heavy atom. The third-order valence-corrected chi connectivity index (χ3v) is 2.83. The van der Waals surface area contributed by atoms with Gasteiger partial charge in [-0.05, 0) is 40.9 Å². The van der Waals surface area contributed by atoms with Gasteiger partial charge in [-0.2, -0.15) is 0 Å². The van der Waals surface area contributed by atoms with Gasteiger partial charge < -0.3 is 5.32 Å². The number of halogens is 1. The summed E-state index contributed by atoms with van der Waals surface area (Å²) in [6.45, 7) is 7.48. The van der Waals surface area contributed by atoms with Gasteiger partial charge in [0.15, 0.2) is 0 Å². The van der Waals surface area contributed by atoms with E-state index in [1.807, 2.05) is 13.0 Å². The van der Waals surface area contributed by atoms with Crippen LogP contribution in [-0.2, 0) is 0 Å². The van der Waals surface area contributed by atoms with E-state index in [0.29, 0.717) is 5.92 Å². The molecule has 78 valence electrons. The van der Waals surface area contributed by atoms with Crippen molar-refractivity contribution in [2.24, 2.45) is 5.92 Å². The Bertz CT molecular complexity index is 299. The Labute approximate surface area is 94.3 Å². The monoisotopic (exact) mass is 256 g/mol. The number of hydrogen-bond donors (Lipinski definition) is 1. The van der Waals surface area contributed by atoms with E-state index in [0.717, 1.165) is 22.5 Å². The lowest BCUT2D eigenvalue weighted by molar-refractivity contribution is 0.593. The standard InChI is InChI=1S/C11H17BrN2/c1-4-8(2)7-13-10-5-6-11(12)14-9(10)3/h5-6,8,13H,4,7H2,1-3H3. The second kappa shape index (κ2) is 5.35. The quantitative estimate of drug-likeness (QED) is 0.833. The molecule has 1 N–H and O–H groups in total. The van der Waals surface area contributed by atoms with Crippen molar-refractivity contribution in [1.29, 1.82) is 0 Å². The zero-order valence-corrected chi connectivity index (χ0v) is 10.6. The van der Waals surface area contributed by atoms with E-state index >= 15 is 0 Å². The second-order valence-electron chi connectivity index (χ2n) is 3.66. The first-order chi connectivity index (χ1) is 6.63. The second-order valence-corrected chi connectivity index (χ2v) is 4.47. The summed E-state index contributed by atoms with van der Waals surface area (Å²) in [5.41, 5.74) is 2.18. The summed E-state index contributed by atoms with van der Waals surface area (Å²) in [5, 5.41) is 3.41. The maximum absolute atomic E-state index is 4.33. The van der Waals surface area contributed by atoms with Crippen LogP contribution in [0, 0.1) is 12.8 Å². The molecule has 0 bridgehead atoms. The number of anilines is 1. The third-order valence-electron chi connectivity index (χ3n) is 2.39. The normalized spacial score (nSPS) is 12.6. The highest BCUT2D eigenvalue weighted by molar-refractivity contribution is 9.10. The molecule has 0 aliphatic heterocycles. The van der Waals surface area contributed by atoms with Crippen molar-refractivity contribution in [3.63, 3.8) is 0 Å².